The number of hydrogen-bond acceptors (Lipinski definition) is 3. The average molecular weight is 235 g/mol. The number of piperidine rings is 1. The maximum Gasteiger partial charge on any atom is 0.111 e. The van der Waals surface area contributed by atoms with Gasteiger partial charge in [-0.15, -0.1) is 0 Å². The van der Waals surface area contributed by atoms with Crippen LogP contribution in [0.25, 0.3) is 0 Å². The van der Waals surface area contributed by atoms with Gasteiger partial charge in [-0.1, -0.05) is 0 Å². The van der Waals surface area contributed by atoms with Crippen LogP contribution in [0.5, 0.6) is 0 Å². The Balaban J connectivity index is 1.76. The van der Waals surface area contributed by atoms with Crippen LogP contribution in [-0.4, -0.2) is 45.8 Å². The first-order valence-corrected chi connectivity index (χ1v) is 6.65. The molecule has 0 spiro atoms. The molecule has 17 heavy (non-hydrogen) atoms. The van der Waals surface area contributed by atoms with Crippen LogP contribution >= 0.6 is 0 Å². The van der Waals surface area contributed by atoms with E-state index >= 15 is 0 Å². The standard InChI is InChI=1S/C13H21N3O/c1-15-5-2-10(3-6-15)12-9-16-7-4-11(17)8-13(16)14-12/h9-11,17H,2-8H2,1H3. The molecule has 4 nitrogen and oxygen atoms in total. The van der Waals surface area contributed by atoms with E-state index in [0.29, 0.717) is 5.92 Å². The van der Waals surface area contributed by atoms with E-state index in [9.17, 15) is 5.11 Å². The Kier molecular flexibility index (Phi) is 2.92. The number of nitrogens with zero attached hydrogens (tertiary/aromatic N) is 3. The quantitative estimate of drug-likeness (QED) is 0.789. The summed E-state index contributed by atoms with van der Waals surface area (Å²) < 4.78 is 2.24. The van der Waals surface area contributed by atoms with Crippen LogP contribution in [-0.2, 0) is 13.0 Å². The Bertz CT molecular complexity index is 393. The monoisotopic (exact) mass is 235 g/mol. The van der Waals surface area contributed by atoms with E-state index in [1.807, 2.05) is 0 Å². The third kappa shape index (κ3) is 2.24. The molecule has 1 aromatic heterocycles. The number of rotatable bonds is 1. The molecule has 1 unspecified atom stereocenters. The summed E-state index contributed by atoms with van der Waals surface area (Å²) in [7, 11) is 2.19. The summed E-state index contributed by atoms with van der Waals surface area (Å²) in [5.41, 5.74) is 1.25. The lowest BCUT2D eigenvalue weighted by Gasteiger charge is -2.27. The Morgan fingerprint density at radius 3 is 2.76 bits per heavy atom. The molecule has 4 heteroatoms. The molecule has 1 N–H and O–H groups in total. The highest BCUT2D eigenvalue weighted by molar-refractivity contribution is 5.12. The SMILES string of the molecule is CN1CCC(c2cn3c(n2)CC(O)CC3)CC1. The van der Waals surface area contributed by atoms with E-state index in [0.717, 1.165) is 25.2 Å². The molecule has 2 aliphatic heterocycles. The Labute approximate surface area is 102 Å². The smallest absolute Gasteiger partial charge is 0.111 e. The number of likely N-dealkylation sites (tertiary alicyclic amines) is 1. The Morgan fingerprint density at radius 1 is 1.24 bits per heavy atom. The summed E-state index contributed by atoms with van der Waals surface area (Å²) in [6.45, 7) is 3.28. The highest BCUT2D eigenvalue weighted by atomic mass is 16.3. The van der Waals surface area contributed by atoms with Crippen molar-refractivity contribution in [1.82, 2.24) is 14.5 Å². The second-order valence-corrected chi connectivity index (χ2v) is 5.50. The molecule has 0 bridgehead atoms. The van der Waals surface area contributed by atoms with Crippen LogP contribution in [0.15, 0.2) is 6.20 Å². The van der Waals surface area contributed by atoms with Crippen LogP contribution in [0.2, 0.25) is 0 Å². The van der Waals surface area contributed by atoms with Gasteiger partial charge in [-0.05, 0) is 39.4 Å². The zero-order valence-corrected chi connectivity index (χ0v) is 10.5. The zero-order chi connectivity index (χ0) is 11.8. The first-order valence-electron chi connectivity index (χ1n) is 6.65. The normalized spacial score (nSPS) is 27.1. The van der Waals surface area contributed by atoms with Crippen molar-refractivity contribution in [1.29, 1.82) is 0 Å². The topological polar surface area (TPSA) is 41.3 Å². The summed E-state index contributed by atoms with van der Waals surface area (Å²) >= 11 is 0. The van der Waals surface area contributed by atoms with Crippen LogP contribution in [0.4, 0.5) is 0 Å². The minimum absolute atomic E-state index is 0.185. The average Bonchev–Trinajstić information content (AvgIpc) is 2.72. The molecule has 0 amide bonds. The van der Waals surface area contributed by atoms with E-state index in [-0.39, 0.29) is 6.10 Å². The van der Waals surface area contributed by atoms with Gasteiger partial charge in [0.1, 0.15) is 5.82 Å². The number of aryl methyl sites for hydroxylation is 1. The fourth-order valence-electron chi connectivity index (χ4n) is 2.93. The molecule has 0 aliphatic carbocycles. The van der Waals surface area contributed by atoms with Crippen LogP contribution < -0.4 is 0 Å². The number of imidazole rings is 1. The fourth-order valence-corrected chi connectivity index (χ4v) is 2.93. The molecule has 0 radical (unpaired) electrons. The largest absolute Gasteiger partial charge is 0.393 e. The maximum atomic E-state index is 9.65. The van der Waals surface area contributed by atoms with Crippen molar-refractivity contribution < 1.29 is 5.11 Å². The zero-order valence-electron chi connectivity index (χ0n) is 10.5. The number of aromatic nitrogens is 2. The maximum absolute atomic E-state index is 9.65. The van der Waals surface area contributed by atoms with Gasteiger partial charge in [0, 0.05) is 25.1 Å². The highest BCUT2D eigenvalue weighted by Gasteiger charge is 2.24. The van der Waals surface area contributed by atoms with Gasteiger partial charge >= 0.3 is 0 Å². The molecule has 3 rings (SSSR count). The van der Waals surface area contributed by atoms with Gasteiger partial charge in [-0.2, -0.15) is 0 Å². The fraction of sp³-hybridized carbons (Fsp3) is 0.769. The predicted molar refractivity (Wildman–Crippen MR) is 66.0 cm³/mol. The van der Waals surface area contributed by atoms with Crippen molar-refractivity contribution in [2.75, 3.05) is 20.1 Å². The molecule has 1 atom stereocenters. The molecule has 94 valence electrons. The van der Waals surface area contributed by atoms with Gasteiger partial charge in [-0.25, -0.2) is 4.98 Å². The Hall–Kier alpha value is -0.870. The molecule has 0 saturated carbocycles. The van der Waals surface area contributed by atoms with E-state index in [4.69, 9.17) is 4.98 Å². The lowest BCUT2D eigenvalue weighted by atomic mass is 9.94. The van der Waals surface area contributed by atoms with E-state index in [1.165, 1.54) is 31.6 Å². The molecule has 1 saturated heterocycles. The molecule has 3 heterocycles. The van der Waals surface area contributed by atoms with E-state index in [1.54, 1.807) is 0 Å². The summed E-state index contributed by atoms with van der Waals surface area (Å²) in [6.07, 6.45) is 6.07. The van der Waals surface area contributed by atoms with Crippen molar-refractivity contribution >= 4 is 0 Å². The number of aliphatic hydroxyl groups excluding tert-OH is 1. The van der Waals surface area contributed by atoms with E-state index in [2.05, 4.69) is 22.7 Å². The molecule has 1 aromatic rings. The van der Waals surface area contributed by atoms with Gasteiger partial charge in [0.25, 0.3) is 0 Å². The molecule has 0 aromatic carbocycles. The minimum Gasteiger partial charge on any atom is -0.393 e. The van der Waals surface area contributed by atoms with Crippen LogP contribution in [0, 0.1) is 0 Å². The summed E-state index contributed by atoms with van der Waals surface area (Å²) in [4.78, 5) is 7.12. The van der Waals surface area contributed by atoms with Crippen molar-refractivity contribution in [3.63, 3.8) is 0 Å². The molecular weight excluding hydrogens is 214 g/mol. The molecular formula is C13H21N3O. The van der Waals surface area contributed by atoms with E-state index < -0.39 is 0 Å². The number of hydrogen-bond donors (Lipinski definition) is 1. The minimum atomic E-state index is -0.185. The third-order valence-electron chi connectivity index (χ3n) is 4.14. The summed E-state index contributed by atoms with van der Waals surface area (Å²) in [5, 5.41) is 9.65. The van der Waals surface area contributed by atoms with Crippen molar-refractivity contribution in [3.05, 3.63) is 17.7 Å². The van der Waals surface area contributed by atoms with Crippen LogP contribution in [0.1, 0.15) is 36.7 Å². The van der Waals surface area contributed by atoms with Gasteiger partial charge in [0.05, 0.1) is 11.8 Å². The van der Waals surface area contributed by atoms with Gasteiger partial charge in [-0.3, -0.25) is 0 Å². The van der Waals surface area contributed by atoms with Crippen LogP contribution in [0.3, 0.4) is 0 Å². The first-order chi connectivity index (χ1) is 8.22. The molecule has 1 fully saturated rings. The Morgan fingerprint density at radius 2 is 2.00 bits per heavy atom. The van der Waals surface area contributed by atoms with Gasteiger partial charge in [0.15, 0.2) is 0 Å². The third-order valence-corrected chi connectivity index (χ3v) is 4.14. The predicted octanol–water partition coefficient (Wildman–Crippen LogP) is 0.999. The second-order valence-electron chi connectivity index (χ2n) is 5.50. The van der Waals surface area contributed by atoms with Gasteiger partial charge < -0.3 is 14.6 Å². The van der Waals surface area contributed by atoms with Crippen molar-refractivity contribution in [2.45, 2.75) is 44.2 Å². The lowest BCUT2D eigenvalue weighted by Crippen LogP contribution is -2.29. The molecule has 2 aliphatic rings. The lowest BCUT2D eigenvalue weighted by molar-refractivity contribution is 0.141. The number of aliphatic hydroxyl groups is 1. The van der Waals surface area contributed by atoms with Crippen molar-refractivity contribution in [2.24, 2.45) is 0 Å². The highest BCUT2D eigenvalue weighted by Crippen LogP contribution is 2.28. The first kappa shape index (κ1) is 11.2. The summed E-state index contributed by atoms with van der Waals surface area (Å²) in [6, 6.07) is 0. The van der Waals surface area contributed by atoms with Gasteiger partial charge in [0.2, 0.25) is 0 Å². The number of fused-ring (bicyclic) bond motifs is 1. The summed E-state index contributed by atoms with van der Waals surface area (Å²) in [5.74, 6) is 1.71. The second kappa shape index (κ2) is 4.42. The van der Waals surface area contributed by atoms with Crippen molar-refractivity contribution in [3.8, 4) is 0 Å².